The number of rotatable bonds is 10. The standard InChI is InChI=1S/C21H26N2O4S/c1-28-12-11-19(21(26)27-14-16-5-3-2-4-6-16)23-20(25)18(22)13-15-7-9-17(24)10-8-15/h2-10,18-19,24H,11-14,22H2,1H3,(H,23,25)/t18-,19+/m1/s1. The van der Waals surface area contributed by atoms with E-state index in [9.17, 15) is 14.7 Å². The van der Waals surface area contributed by atoms with E-state index in [0.29, 0.717) is 18.6 Å². The summed E-state index contributed by atoms with van der Waals surface area (Å²) in [6.45, 7) is 0.158. The Bertz CT molecular complexity index is 753. The number of hydrogen-bond acceptors (Lipinski definition) is 6. The molecule has 1 amide bonds. The van der Waals surface area contributed by atoms with Crippen LogP contribution in [0.4, 0.5) is 0 Å². The zero-order valence-corrected chi connectivity index (χ0v) is 16.7. The predicted octanol–water partition coefficient (Wildman–Crippen LogP) is 2.24. The first-order chi connectivity index (χ1) is 13.5. The molecule has 0 heterocycles. The molecule has 0 fully saturated rings. The number of carbonyl (C=O) groups excluding carboxylic acids is 2. The van der Waals surface area contributed by atoms with Crippen LogP contribution in [0.3, 0.4) is 0 Å². The molecular formula is C21H26N2O4S. The van der Waals surface area contributed by atoms with Crippen molar-refractivity contribution in [2.24, 2.45) is 5.73 Å². The lowest BCUT2D eigenvalue weighted by Gasteiger charge is -2.20. The number of amides is 1. The van der Waals surface area contributed by atoms with Gasteiger partial charge in [0.05, 0.1) is 6.04 Å². The average molecular weight is 403 g/mol. The lowest BCUT2D eigenvalue weighted by molar-refractivity contribution is -0.149. The number of carbonyl (C=O) groups is 2. The molecule has 2 aromatic carbocycles. The fraction of sp³-hybridized carbons (Fsp3) is 0.333. The number of hydrogen-bond donors (Lipinski definition) is 3. The Morgan fingerprint density at radius 3 is 2.43 bits per heavy atom. The molecule has 7 heteroatoms. The summed E-state index contributed by atoms with van der Waals surface area (Å²) in [7, 11) is 0. The second kappa shape index (κ2) is 11.4. The molecule has 0 aliphatic heterocycles. The molecule has 2 aromatic rings. The zero-order valence-electron chi connectivity index (χ0n) is 15.8. The largest absolute Gasteiger partial charge is 0.508 e. The Balaban J connectivity index is 1.92. The Morgan fingerprint density at radius 1 is 1.11 bits per heavy atom. The molecule has 28 heavy (non-hydrogen) atoms. The number of ether oxygens (including phenoxy) is 1. The number of benzene rings is 2. The highest BCUT2D eigenvalue weighted by atomic mass is 32.2. The summed E-state index contributed by atoms with van der Waals surface area (Å²) in [6.07, 6.45) is 2.71. The maximum absolute atomic E-state index is 12.5. The fourth-order valence-electron chi connectivity index (χ4n) is 2.57. The summed E-state index contributed by atoms with van der Waals surface area (Å²) in [6, 6.07) is 14.3. The molecule has 0 bridgehead atoms. The number of phenolic OH excluding ortho intramolecular Hbond substituents is 1. The molecule has 6 nitrogen and oxygen atoms in total. The van der Waals surface area contributed by atoms with Crippen molar-refractivity contribution >= 4 is 23.6 Å². The van der Waals surface area contributed by atoms with Crippen LogP contribution in [0.25, 0.3) is 0 Å². The second-order valence-corrected chi connectivity index (χ2v) is 7.40. The minimum atomic E-state index is -0.803. The van der Waals surface area contributed by atoms with Crippen molar-refractivity contribution in [2.75, 3.05) is 12.0 Å². The number of thioether (sulfide) groups is 1. The molecule has 0 aliphatic rings. The van der Waals surface area contributed by atoms with Gasteiger partial charge in [-0.1, -0.05) is 42.5 Å². The lowest BCUT2D eigenvalue weighted by atomic mass is 10.1. The maximum Gasteiger partial charge on any atom is 0.329 e. The van der Waals surface area contributed by atoms with Gasteiger partial charge >= 0.3 is 5.97 Å². The number of esters is 1. The molecular weight excluding hydrogens is 376 g/mol. The van der Waals surface area contributed by atoms with Gasteiger partial charge in [0.1, 0.15) is 18.4 Å². The van der Waals surface area contributed by atoms with Crippen LogP contribution in [0.1, 0.15) is 17.5 Å². The van der Waals surface area contributed by atoms with Crippen LogP contribution in [-0.4, -0.2) is 41.1 Å². The second-order valence-electron chi connectivity index (χ2n) is 6.41. The van der Waals surface area contributed by atoms with Gasteiger partial charge in [0.2, 0.25) is 5.91 Å². The first kappa shape index (κ1) is 21.8. The average Bonchev–Trinajstić information content (AvgIpc) is 2.71. The summed E-state index contributed by atoms with van der Waals surface area (Å²) in [5, 5.41) is 12.0. The van der Waals surface area contributed by atoms with E-state index in [4.69, 9.17) is 10.5 Å². The van der Waals surface area contributed by atoms with Crippen molar-refractivity contribution in [1.82, 2.24) is 5.32 Å². The quantitative estimate of drug-likeness (QED) is 0.527. The van der Waals surface area contributed by atoms with Crippen LogP contribution in [-0.2, 0) is 27.4 Å². The highest BCUT2D eigenvalue weighted by Gasteiger charge is 2.25. The normalized spacial score (nSPS) is 12.8. The molecule has 0 spiro atoms. The third kappa shape index (κ3) is 7.25. The van der Waals surface area contributed by atoms with Gasteiger partial charge in [-0.25, -0.2) is 4.79 Å². The third-order valence-electron chi connectivity index (χ3n) is 4.16. The van der Waals surface area contributed by atoms with Gasteiger partial charge in [0.15, 0.2) is 0 Å². The molecule has 0 saturated carbocycles. The van der Waals surface area contributed by atoms with Crippen LogP contribution in [0, 0.1) is 0 Å². The van der Waals surface area contributed by atoms with E-state index in [0.717, 1.165) is 11.1 Å². The first-order valence-electron chi connectivity index (χ1n) is 9.03. The maximum atomic E-state index is 12.5. The first-order valence-corrected chi connectivity index (χ1v) is 10.4. The lowest BCUT2D eigenvalue weighted by Crippen LogP contribution is -2.49. The molecule has 0 unspecified atom stereocenters. The Hall–Kier alpha value is -2.51. The van der Waals surface area contributed by atoms with Crippen molar-refractivity contribution < 1.29 is 19.4 Å². The van der Waals surface area contributed by atoms with E-state index in [1.807, 2.05) is 36.6 Å². The molecule has 4 N–H and O–H groups in total. The number of nitrogens with two attached hydrogens (primary N) is 1. The van der Waals surface area contributed by atoms with Gasteiger partial charge in [-0.2, -0.15) is 11.8 Å². The van der Waals surface area contributed by atoms with E-state index < -0.39 is 24.0 Å². The van der Waals surface area contributed by atoms with Gasteiger partial charge in [-0.15, -0.1) is 0 Å². The SMILES string of the molecule is CSCC[C@H](NC(=O)[C@H](N)Cc1ccc(O)cc1)C(=O)OCc1ccccc1. The van der Waals surface area contributed by atoms with Crippen molar-refractivity contribution in [1.29, 1.82) is 0 Å². The summed E-state index contributed by atoms with van der Waals surface area (Å²) < 4.78 is 5.37. The van der Waals surface area contributed by atoms with Crippen molar-refractivity contribution in [2.45, 2.75) is 31.5 Å². The van der Waals surface area contributed by atoms with Crippen LogP contribution in [0.15, 0.2) is 54.6 Å². The molecule has 2 rings (SSSR count). The van der Waals surface area contributed by atoms with Crippen molar-refractivity contribution in [3.8, 4) is 5.75 Å². The number of phenols is 1. The summed E-state index contributed by atoms with van der Waals surface area (Å²) in [5.74, 6) is -0.0162. The van der Waals surface area contributed by atoms with Gasteiger partial charge in [-0.05, 0) is 48.1 Å². The van der Waals surface area contributed by atoms with Gasteiger partial charge < -0.3 is 20.9 Å². The van der Waals surface area contributed by atoms with Crippen LogP contribution in [0.2, 0.25) is 0 Å². The molecule has 0 radical (unpaired) electrons. The van der Waals surface area contributed by atoms with E-state index in [1.54, 1.807) is 36.0 Å². The molecule has 2 atom stereocenters. The predicted molar refractivity (Wildman–Crippen MR) is 111 cm³/mol. The Morgan fingerprint density at radius 2 is 1.79 bits per heavy atom. The van der Waals surface area contributed by atoms with Crippen molar-refractivity contribution in [3.63, 3.8) is 0 Å². The van der Waals surface area contributed by atoms with Gasteiger partial charge in [-0.3, -0.25) is 4.79 Å². The Labute approximate surface area is 169 Å². The van der Waals surface area contributed by atoms with Crippen LogP contribution >= 0.6 is 11.8 Å². The third-order valence-corrected chi connectivity index (χ3v) is 4.81. The van der Waals surface area contributed by atoms with Gasteiger partial charge in [0.25, 0.3) is 0 Å². The van der Waals surface area contributed by atoms with E-state index in [-0.39, 0.29) is 12.4 Å². The Kier molecular flexibility index (Phi) is 8.84. The molecule has 0 aliphatic carbocycles. The summed E-state index contributed by atoms with van der Waals surface area (Å²) in [4.78, 5) is 24.9. The molecule has 0 saturated heterocycles. The minimum absolute atomic E-state index is 0.153. The monoisotopic (exact) mass is 402 g/mol. The van der Waals surface area contributed by atoms with Gasteiger partial charge in [0, 0.05) is 0 Å². The summed E-state index contributed by atoms with van der Waals surface area (Å²) >= 11 is 1.59. The highest BCUT2D eigenvalue weighted by molar-refractivity contribution is 7.98. The van der Waals surface area contributed by atoms with E-state index >= 15 is 0 Å². The minimum Gasteiger partial charge on any atom is -0.508 e. The highest BCUT2D eigenvalue weighted by Crippen LogP contribution is 2.11. The van der Waals surface area contributed by atoms with Crippen LogP contribution in [0.5, 0.6) is 5.75 Å². The van der Waals surface area contributed by atoms with E-state index in [2.05, 4.69) is 5.32 Å². The fourth-order valence-corrected chi connectivity index (χ4v) is 3.04. The van der Waals surface area contributed by atoms with E-state index in [1.165, 1.54) is 0 Å². The smallest absolute Gasteiger partial charge is 0.329 e. The van der Waals surface area contributed by atoms with Crippen LogP contribution < -0.4 is 11.1 Å². The molecule has 0 aromatic heterocycles. The summed E-state index contributed by atoms with van der Waals surface area (Å²) in [5.41, 5.74) is 7.71. The molecule has 150 valence electrons. The number of nitrogens with one attached hydrogen (secondary N) is 1. The topological polar surface area (TPSA) is 102 Å². The zero-order chi connectivity index (χ0) is 20.4. The van der Waals surface area contributed by atoms with Crippen molar-refractivity contribution in [3.05, 3.63) is 65.7 Å². The number of aromatic hydroxyl groups is 1.